The average molecular weight is 421 g/mol. The Hall–Kier alpha value is -2.31. The highest BCUT2D eigenvalue weighted by Crippen LogP contribution is 2.28. The summed E-state index contributed by atoms with van der Waals surface area (Å²) in [5, 5.41) is 0.0718. The smallest absolute Gasteiger partial charge is 0.261 e. The highest BCUT2D eigenvalue weighted by atomic mass is 79.9. The Balaban J connectivity index is 1.99. The van der Waals surface area contributed by atoms with Crippen LogP contribution in [-0.4, -0.2) is 15.9 Å². The average Bonchev–Trinajstić information content (AvgIpc) is 2.62. The lowest BCUT2D eigenvalue weighted by atomic mass is 10.1. The molecule has 0 unspecified atom stereocenters. The van der Waals surface area contributed by atoms with Crippen LogP contribution >= 0.6 is 27.5 Å². The monoisotopic (exact) mass is 419 g/mol. The molecule has 3 rings (SSSR count). The maximum Gasteiger partial charge on any atom is 0.261 e. The minimum absolute atomic E-state index is 0.0718. The van der Waals surface area contributed by atoms with Gasteiger partial charge in [-0.05, 0) is 57.4 Å². The molecule has 0 aliphatic heterocycles. The van der Waals surface area contributed by atoms with E-state index in [1.54, 1.807) is 17.0 Å². The fourth-order valence-electron chi connectivity index (χ4n) is 2.29. The van der Waals surface area contributed by atoms with Crippen LogP contribution in [0.5, 0.6) is 0 Å². The van der Waals surface area contributed by atoms with Crippen molar-refractivity contribution in [3.8, 4) is 0 Å². The summed E-state index contributed by atoms with van der Waals surface area (Å²) in [6.45, 7) is 0.268. The van der Waals surface area contributed by atoms with E-state index in [0.717, 1.165) is 10.0 Å². The molecule has 7 heteroatoms. The topological polar surface area (TPSA) is 46.1 Å². The first-order chi connectivity index (χ1) is 12.0. The number of halogens is 3. The summed E-state index contributed by atoms with van der Waals surface area (Å²) < 4.78 is 13.9. The molecule has 3 aromatic rings. The van der Waals surface area contributed by atoms with Gasteiger partial charge in [-0.3, -0.25) is 4.79 Å². The van der Waals surface area contributed by atoms with Crippen LogP contribution in [0, 0.1) is 5.82 Å². The summed E-state index contributed by atoms with van der Waals surface area (Å²) in [5.74, 6) is -0.610. The Morgan fingerprint density at radius 1 is 1.08 bits per heavy atom. The molecule has 0 saturated carbocycles. The summed E-state index contributed by atoms with van der Waals surface area (Å²) in [6, 6.07) is 13.4. The minimum atomic E-state index is -0.325. The highest BCUT2D eigenvalue weighted by Gasteiger charge is 2.21. The molecule has 4 nitrogen and oxygen atoms in total. The van der Waals surface area contributed by atoms with Gasteiger partial charge >= 0.3 is 0 Å². The lowest BCUT2D eigenvalue weighted by molar-refractivity contribution is 0.0984. The second-order valence-electron chi connectivity index (χ2n) is 5.21. The van der Waals surface area contributed by atoms with Gasteiger partial charge in [-0.1, -0.05) is 24.3 Å². The second-order valence-corrected chi connectivity index (χ2v) is 6.40. The Labute approximate surface area is 157 Å². The van der Waals surface area contributed by atoms with E-state index in [2.05, 4.69) is 25.9 Å². The first-order valence-corrected chi connectivity index (χ1v) is 8.50. The predicted octanol–water partition coefficient (Wildman–Crippen LogP) is 4.88. The third-order valence-corrected chi connectivity index (χ3v) is 4.38. The molecule has 0 saturated heterocycles. The molecule has 0 radical (unpaired) electrons. The molecule has 1 amide bonds. The first kappa shape index (κ1) is 17.5. The van der Waals surface area contributed by atoms with Crippen molar-refractivity contribution < 1.29 is 9.18 Å². The Kier molecular flexibility index (Phi) is 5.40. The molecule has 1 aromatic heterocycles. The highest BCUT2D eigenvalue weighted by molar-refractivity contribution is 9.10. The number of carbonyl (C=O) groups excluding carboxylic acids is 1. The van der Waals surface area contributed by atoms with Gasteiger partial charge < -0.3 is 4.90 Å². The van der Waals surface area contributed by atoms with Crippen LogP contribution in [0.1, 0.15) is 15.9 Å². The maximum absolute atomic E-state index is 13.2. The van der Waals surface area contributed by atoms with Gasteiger partial charge in [0.25, 0.3) is 5.91 Å². The summed E-state index contributed by atoms with van der Waals surface area (Å²) in [4.78, 5) is 22.3. The van der Waals surface area contributed by atoms with Crippen molar-refractivity contribution in [3.63, 3.8) is 0 Å². The number of carbonyl (C=O) groups is 1. The molecular formula is C18H12BrClFN3O. The fourth-order valence-corrected chi connectivity index (χ4v) is 2.88. The maximum atomic E-state index is 13.2. The van der Waals surface area contributed by atoms with Gasteiger partial charge in [0.2, 0.25) is 5.28 Å². The largest absolute Gasteiger partial charge is 0.303 e. The molecule has 0 aliphatic carbocycles. The fraction of sp³-hybridized carbons (Fsp3) is 0.0556. The lowest BCUT2D eigenvalue weighted by Gasteiger charge is -2.24. The number of aromatic nitrogens is 2. The van der Waals surface area contributed by atoms with E-state index in [9.17, 15) is 9.18 Å². The number of amides is 1. The van der Waals surface area contributed by atoms with Gasteiger partial charge in [0.05, 0.1) is 17.8 Å². The second kappa shape index (κ2) is 7.72. The van der Waals surface area contributed by atoms with Gasteiger partial charge in [-0.25, -0.2) is 14.4 Å². The number of benzene rings is 2. The van der Waals surface area contributed by atoms with Crippen molar-refractivity contribution in [2.75, 3.05) is 4.90 Å². The summed E-state index contributed by atoms with van der Waals surface area (Å²) in [6.07, 6.45) is 2.76. The number of hydrogen-bond acceptors (Lipinski definition) is 3. The molecule has 1 heterocycles. The van der Waals surface area contributed by atoms with E-state index in [-0.39, 0.29) is 23.6 Å². The normalized spacial score (nSPS) is 10.5. The summed E-state index contributed by atoms with van der Waals surface area (Å²) >= 11 is 9.16. The van der Waals surface area contributed by atoms with Crippen LogP contribution in [0.25, 0.3) is 0 Å². The summed E-state index contributed by atoms with van der Waals surface area (Å²) in [5.41, 5.74) is 1.79. The van der Waals surface area contributed by atoms with Crippen LogP contribution < -0.4 is 4.90 Å². The van der Waals surface area contributed by atoms with E-state index in [4.69, 9.17) is 11.6 Å². The van der Waals surface area contributed by atoms with E-state index in [0.29, 0.717) is 11.3 Å². The van der Waals surface area contributed by atoms with Crippen molar-refractivity contribution in [2.24, 2.45) is 0 Å². The van der Waals surface area contributed by atoms with Crippen LogP contribution in [0.3, 0.4) is 0 Å². The van der Waals surface area contributed by atoms with E-state index in [1.807, 2.05) is 24.3 Å². The predicted molar refractivity (Wildman–Crippen MR) is 98.1 cm³/mol. The molecule has 126 valence electrons. The van der Waals surface area contributed by atoms with Crippen molar-refractivity contribution in [2.45, 2.75) is 6.54 Å². The van der Waals surface area contributed by atoms with Crippen molar-refractivity contribution in [1.82, 2.24) is 9.97 Å². The quantitative estimate of drug-likeness (QED) is 0.565. The van der Waals surface area contributed by atoms with Gasteiger partial charge in [-0.2, -0.15) is 0 Å². The molecule has 25 heavy (non-hydrogen) atoms. The van der Waals surface area contributed by atoms with Crippen LogP contribution in [0.4, 0.5) is 10.1 Å². The zero-order chi connectivity index (χ0) is 17.8. The van der Waals surface area contributed by atoms with Crippen LogP contribution in [-0.2, 0) is 6.54 Å². The number of nitrogens with zero attached hydrogens (tertiary/aromatic N) is 3. The van der Waals surface area contributed by atoms with E-state index < -0.39 is 0 Å². The molecule has 2 aromatic carbocycles. The zero-order valence-corrected chi connectivity index (χ0v) is 15.2. The Bertz CT molecular complexity index is 888. The van der Waals surface area contributed by atoms with E-state index >= 15 is 0 Å². The van der Waals surface area contributed by atoms with Gasteiger partial charge in [0.1, 0.15) is 5.82 Å². The molecule has 0 spiro atoms. The number of anilines is 1. The summed E-state index contributed by atoms with van der Waals surface area (Å²) in [7, 11) is 0. The lowest BCUT2D eigenvalue weighted by Crippen LogP contribution is -2.31. The van der Waals surface area contributed by atoms with Gasteiger partial charge in [0.15, 0.2) is 0 Å². The molecule has 0 N–H and O–H groups in total. The Morgan fingerprint density at radius 3 is 2.36 bits per heavy atom. The molecule has 0 fully saturated rings. The number of rotatable bonds is 4. The van der Waals surface area contributed by atoms with E-state index in [1.165, 1.54) is 24.5 Å². The minimum Gasteiger partial charge on any atom is -0.303 e. The van der Waals surface area contributed by atoms with Gasteiger partial charge in [0, 0.05) is 16.9 Å². The standard InChI is InChI=1S/C18H12BrClFN3O/c19-15-3-1-2-4-16(15)24(11-12-5-7-14(21)8-6-12)17(25)13-9-22-18(20)23-10-13/h1-10H,11H2. The van der Waals surface area contributed by atoms with Crippen molar-refractivity contribution in [3.05, 3.63) is 87.6 Å². The molecule has 0 atom stereocenters. The number of hydrogen-bond donors (Lipinski definition) is 0. The molecule has 0 aliphatic rings. The van der Waals surface area contributed by atoms with Gasteiger partial charge in [-0.15, -0.1) is 0 Å². The third-order valence-electron chi connectivity index (χ3n) is 3.51. The first-order valence-electron chi connectivity index (χ1n) is 7.33. The third kappa shape index (κ3) is 4.21. The van der Waals surface area contributed by atoms with Crippen molar-refractivity contribution in [1.29, 1.82) is 0 Å². The zero-order valence-electron chi connectivity index (χ0n) is 12.9. The molecule has 0 bridgehead atoms. The Morgan fingerprint density at radius 2 is 1.72 bits per heavy atom. The molecular weight excluding hydrogens is 409 g/mol. The van der Waals surface area contributed by atoms with Crippen LogP contribution in [0.15, 0.2) is 65.4 Å². The van der Waals surface area contributed by atoms with Crippen molar-refractivity contribution >= 4 is 39.1 Å². The number of para-hydroxylation sites is 1. The van der Waals surface area contributed by atoms with Crippen LogP contribution in [0.2, 0.25) is 5.28 Å². The SMILES string of the molecule is O=C(c1cnc(Cl)nc1)N(Cc1ccc(F)cc1)c1ccccc1Br.